The van der Waals surface area contributed by atoms with Gasteiger partial charge < -0.3 is 19.6 Å². The van der Waals surface area contributed by atoms with Crippen LogP contribution in [0.2, 0.25) is 0 Å². The summed E-state index contributed by atoms with van der Waals surface area (Å²) >= 11 is 0. The van der Waals surface area contributed by atoms with Gasteiger partial charge in [0.1, 0.15) is 11.5 Å². The number of aliphatic hydroxyl groups is 1. The molecule has 2 aromatic rings. The van der Waals surface area contributed by atoms with Crippen molar-refractivity contribution in [3.05, 3.63) is 70.3 Å². The second-order valence-corrected chi connectivity index (χ2v) is 10.1. The zero-order chi connectivity index (χ0) is 25.2. The summed E-state index contributed by atoms with van der Waals surface area (Å²) in [6, 6.07) is 12.7. The molecular formula is C28H36N2O4. The highest BCUT2D eigenvalue weighted by molar-refractivity contribution is 6.46. The number of rotatable bonds is 7. The monoisotopic (exact) mass is 464 g/mol. The van der Waals surface area contributed by atoms with Crippen LogP contribution in [0, 0.1) is 6.92 Å². The number of hydrogen-bond donors (Lipinski definition) is 1. The van der Waals surface area contributed by atoms with Gasteiger partial charge in [0.2, 0.25) is 0 Å². The molecular weight excluding hydrogens is 428 g/mol. The van der Waals surface area contributed by atoms with E-state index in [1.165, 1.54) is 0 Å². The Labute approximate surface area is 202 Å². The quantitative estimate of drug-likeness (QED) is 0.366. The van der Waals surface area contributed by atoms with Crippen molar-refractivity contribution in [3.8, 4) is 5.75 Å². The third kappa shape index (κ3) is 5.17. The fourth-order valence-corrected chi connectivity index (χ4v) is 4.23. The third-order valence-electron chi connectivity index (χ3n) is 6.18. The van der Waals surface area contributed by atoms with Crippen molar-refractivity contribution in [2.75, 3.05) is 33.8 Å². The topological polar surface area (TPSA) is 70.1 Å². The molecule has 6 nitrogen and oxygen atoms in total. The van der Waals surface area contributed by atoms with Crippen molar-refractivity contribution < 1.29 is 19.4 Å². The molecule has 0 aliphatic carbocycles. The Balaban J connectivity index is 2.14. The minimum absolute atomic E-state index is 0.0231. The molecule has 1 atom stereocenters. The normalized spacial score (nSPS) is 18.1. The number of hydrogen-bond acceptors (Lipinski definition) is 5. The minimum Gasteiger partial charge on any atom is -0.507 e. The first-order valence-corrected chi connectivity index (χ1v) is 11.7. The number of nitrogens with zero attached hydrogens (tertiary/aromatic N) is 2. The first-order chi connectivity index (χ1) is 16.0. The number of carbonyl (C=O) groups excluding carboxylic acids is 2. The van der Waals surface area contributed by atoms with Crippen LogP contribution < -0.4 is 4.74 Å². The molecule has 0 spiro atoms. The SMILES string of the molecule is CCOc1ccc(C(O)=C2C(=O)C(=O)N(CCN(C)C)[C@H]2c2ccc(C(C)(C)C)cc2)c(C)c1. The maximum Gasteiger partial charge on any atom is 0.295 e. The molecule has 1 N–H and O–H groups in total. The zero-order valence-electron chi connectivity index (χ0n) is 21.3. The van der Waals surface area contributed by atoms with Gasteiger partial charge in [-0.2, -0.15) is 0 Å². The Morgan fingerprint density at radius 1 is 1.09 bits per heavy atom. The van der Waals surface area contributed by atoms with Crippen LogP contribution >= 0.6 is 0 Å². The van der Waals surface area contributed by atoms with Crippen LogP contribution in [-0.4, -0.2) is 60.4 Å². The molecule has 0 bridgehead atoms. The van der Waals surface area contributed by atoms with E-state index in [2.05, 4.69) is 20.8 Å². The van der Waals surface area contributed by atoms with Gasteiger partial charge in [0.05, 0.1) is 18.2 Å². The summed E-state index contributed by atoms with van der Waals surface area (Å²) in [5, 5.41) is 11.3. The second-order valence-electron chi connectivity index (χ2n) is 10.1. The van der Waals surface area contributed by atoms with E-state index in [-0.39, 0.29) is 16.7 Å². The molecule has 34 heavy (non-hydrogen) atoms. The smallest absolute Gasteiger partial charge is 0.295 e. The number of ketones is 1. The van der Waals surface area contributed by atoms with Crippen molar-refractivity contribution in [3.63, 3.8) is 0 Å². The van der Waals surface area contributed by atoms with Crippen molar-refractivity contribution in [1.82, 2.24) is 9.80 Å². The first-order valence-electron chi connectivity index (χ1n) is 11.7. The molecule has 2 aromatic carbocycles. The maximum absolute atomic E-state index is 13.2. The minimum atomic E-state index is -0.658. The first kappa shape index (κ1) is 25.5. The molecule has 0 saturated carbocycles. The molecule has 6 heteroatoms. The van der Waals surface area contributed by atoms with E-state index < -0.39 is 17.7 Å². The van der Waals surface area contributed by atoms with Gasteiger partial charge in [0.25, 0.3) is 11.7 Å². The lowest BCUT2D eigenvalue weighted by molar-refractivity contribution is -0.140. The maximum atomic E-state index is 13.2. The van der Waals surface area contributed by atoms with Gasteiger partial charge in [-0.05, 0) is 68.2 Å². The molecule has 1 heterocycles. The molecule has 182 valence electrons. The average molecular weight is 465 g/mol. The van der Waals surface area contributed by atoms with Crippen molar-refractivity contribution in [1.29, 1.82) is 0 Å². The predicted octanol–water partition coefficient (Wildman–Crippen LogP) is 4.67. The molecule has 1 saturated heterocycles. The van der Waals surface area contributed by atoms with Crippen molar-refractivity contribution >= 4 is 17.4 Å². The second kappa shape index (κ2) is 10.0. The number of carbonyl (C=O) groups is 2. The zero-order valence-corrected chi connectivity index (χ0v) is 21.3. The number of Topliss-reactive ketones (excluding diaryl/α,β-unsaturated/α-hetero) is 1. The number of amides is 1. The summed E-state index contributed by atoms with van der Waals surface area (Å²) in [5.41, 5.74) is 3.35. The average Bonchev–Trinajstić information content (AvgIpc) is 3.02. The Hall–Kier alpha value is -3.12. The van der Waals surface area contributed by atoms with Crippen LogP contribution in [0.1, 0.15) is 56.0 Å². The lowest BCUT2D eigenvalue weighted by atomic mass is 9.85. The van der Waals surface area contributed by atoms with Gasteiger partial charge in [-0.15, -0.1) is 0 Å². The van der Waals surface area contributed by atoms with Crippen LogP contribution in [0.3, 0.4) is 0 Å². The fourth-order valence-electron chi connectivity index (χ4n) is 4.23. The highest BCUT2D eigenvalue weighted by Crippen LogP contribution is 2.40. The Morgan fingerprint density at radius 3 is 2.26 bits per heavy atom. The highest BCUT2D eigenvalue weighted by atomic mass is 16.5. The van der Waals surface area contributed by atoms with Crippen LogP contribution in [0.5, 0.6) is 5.75 Å². The van der Waals surface area contributed by atoms with Gasteiger partial charge in [0.15, 0.2) is 0 Å². The van der Waals surface area contributed by atoms with Crippen LogP contribution in [0.4, 0.5) is 0 Å². The number of aryl methyl sites for hydroxylation is 1. The standard InChI is InChI=1S/C28H36N2O4/c1-8-34-21-13-14-22(18(2)17-21)25(31)23-24(19-9-11-20(12-10-19)28(3,4)5)30(16-15-29(6)7)27(33)26(23)32/h9-14,17,24,31H,8,15-16H2,1-7H3/t24-/m0/s1. The summed E-state index contributed by atoms with van der Waals surface area (Å²) in [6.07, 6.45) is 0. The van der Waals surface area contributed by atoms with Crippen molar-refractivity contribution in [2.24, 2.45) is 0 Å². The molecule has 1 amide bonds. The van der Waals surface area contributed by atoms with Crippen LogP contribution in [0.15, 0.2) is 48.0 Å². The van der Waals surface area contributed by atoms with E-state index in [1.54, 1.807) is 17.0 Å². The molecule has 1 aliphatic rings. The van der Waals surface area contributed by atoms with E-state index in [1.807, 2.05) is 63.2 Å². The Kier molecular flexibility index (Phi) is 7.51. The van der Waals surface area contributed by atoms with E-state index in [9.17, 15) is 14.7 Å². The van der Waals surface area contributed by atoms with E-state index in [4.69, 9.17) is 4.74 Å². The molecule has 1 aliphatic heterocycles. The van der Waals surface area contributed by atoms with Gasteiger partial charge >= 0.3 is 0 Å². The number of likely N-dealkylation sites (N-methyl/N-ethyl adjacent to an activating group) is 1. The van der Waals surface area contributed by atoms with Crippen molar-refractivity contribution in [2.45, 2.75) is 46.1 Å². The predicted molar refractivity (Wildman–Crippen MR) is 135 cm³/mol. The summed E-state index contributed by atoms with van der Waals surface area (Å²) in [7, 11) is 3.85. The van der Waals surface area contributed by atoms with Crippen LogP contribution in [0.25, 0.3) is 5.76 Å². The summed E-state index contributed by atoms with van der Waals surface area (Å²) < 4.78 is 5.55. The molecule has 0 radical (unpaired) electrons. The summed E-state index contributed by atoms with van der Waals surface area (Å²) in [4.78, 5) is 29.9. The number of likely N-dealkylation sites (tertiary alicyclic amines) is 1. The Morgan fingerprint density at radius 2 is 1.74 bits per heavy atom. The lowest BCUT2D eigenvalue weighted by Crippen LogP contribution is -2.35. The van der Waals surface area contributed by atoms with E-state index in [0.29, 0.717) is 31.0 Å². The number of benzene rings is 2. The lowest BCUT2D eigenvalue weighted by Gasteiger charge is -2.27. The Bertz CT molecular complexity index is 1090. The van der Waals surface area contributed by atoms with Gasteiger partial charge in [-0.1, -0.05) is 45.0 Å². The highest BCUT2D eigenvalue weighted by Gasteiger charge is 2.46. The molecule has 0 unspecified atom stereocenters. The molecule has 3 rings (SSSR count). The van der Waals surface area contributed by atoms with Gasteiger partial charge in [-0.3, -0.25) is 9.59 Å². The summed E-state index contributed by atoms with van der Waals surface area (Å²) in [6.45, 7) is 11.7. The fraction of sp³-hybridized carbons (Fsp3) is 0.429. The van der Waals surface area contributed by atoms with Gasteiger partial charge in [0, 0.05) is 18.7 Å². The molecule has 0 aromatic heterocycles. The number of ether oxygens (including phenoxy) is 1. The summed E-state index contributed by atoms with van der Waals surface area (Å²) in [5.74, 6) is -0.709. The number of aliphatic hydroxyl groups excluding tert-OH is 1. The largest absolute Gasteiger partial charge is 0.507 e. The third-order valence-corrected chi connectivity index (χ3v) is 6.18. The van der Waals surface area contributed by atoms with E-state index in [0.717, 1.165) is 16.7 Å². The molecule has 1 fully saturated rings. The van der Waals surface area contributed by atoms with Crippen LogP contribution in [-0.2, 0) is 15.0 Å². The van der Waals surface area contributed by atoms with Gasteiger partial charge in [-0.25, -0.2) is 0 Å². The van der Waals surface area contributed by atoms with E-state index >= 15 is 0 Å².